The van der Waals surface area contributed by atoms with Crippen LogP contribution in [0.1, 0.15) is 42.1 Å². The molecule has 0 saturated carbocycles. The molecule has 1 heterocycles. The van der Waals surface area contributed by atoms with Crippen molar-refractivity contribution < 1.29 is 18.3 Å². The van der Waals surface area contributed by atoms with Gasteiger partial charge in [-0.25, -0.2) is 17.5 Å². The van der Waals surface area contributed by atoms with Crippen molar-refractivity contribution in [1.29, 1.82) is 0 Å². The lowest BCUT2D eigenvalue weighted by atomic mass is 9.96. The van der Waals surface area contributed by atoms with E-state index in [1.54, 1.807) is 16.4 Å². The summed E-state index contributed by atoms with van der Waals surface area (Å²) in [6, 6.07) is 6.02. The molecule has 1 saturated heterocycles. The first-order valence-electron chi connectivity index (χ1n) is 7.22. The number of carboxylic acids is 1. The molecular formula is C15H21NO4S. The minimum Gasteiger partial charge on any atom is -0.478 e. The fourth-order valence-electron chi connectivity index (χ4n) is 2.64. The van der Waals surface area contributed by atoms with Gasteiger partial charge in [-0.2, -0.15) is 0 Å². The zero-order valence-electron chi connectivity index (χ0n) is 12.2. The zero-order chi connectivity index (χ0) is 15.5. The molecule has 1 N–H and O–H groups in total. The van der Waals surface area contributed by atoms with Gasteiger partial charge in [-0.05, 0) is 36.5 Å². The van der Waals surface area contributed by atoms with Crippen molar-refractivity contribution in [3.63, 3.8) is 0 Å². The molecule has 0 unspecified atom stereocenters. The van der Waals surface area contributed by atoms with Crippen LogP contribution in [0.2, 0.25) is 0 Å². The number of rotatable bonds is 5. The average Bonchev–Trinajstić information content (AvgIpc) is 2.47. The standard InChI is InChI=1S/C15H21NO4S/c1-2-12-7-9-16(10-8-12)21(19,20)11-13-3-5-14(6-4-13)15(17)18/h3-6,12H,2,7-11H2,1H3,(H,17,18). The number of sulfonamides is 1. The Kier molecular flexibility index (Phi) is 5.00. The van der Waals surface area contributed by atoms with Crippen molar-refractivity contribution in [2.24, 2.45) is 5.92 Å². The summed E-state index contributed by atoms with van der Waals surface area (Å²) in [4.78, 5) is 10.8. The summed E-state index contributed by atoms with van der Waals surface area (Å²) in [5.74, 6) is -0.443. The molecule has 0 aliphatic carbocycles. The molecule has 21 heavy (non-hydrogen) atoms. The van der Waals surface area contributed by atoms with E-state index in [1.807, 2.05) is 0 Å². The Bertz CT molecular complexity index is 587. The van der Waals surface area contributed by atoms with Crippen LogP contribution in [0.4, 0.5) is 0 Å². The average molecular weight is 311 g/mol. The highest BCUT2D eigenvalue weighted by Crippen LogP contribution is 2.23. The molecule has 1 aromatic carbocycles. The molecule has 1 aliphatic rings. The summed E-state index contributed by atoms with van der Waals surface area (Å²) in [5, 5.41) is 8.83. The van der Waals surface area contributed by atoms with E-state index >= 15 is 0 Å². The van der Waals surface area contributed by atoms with Gasteiger partial charge in [0.1, 0.15) is 0 Å². The van der Waals surface area contributed by atoms with Gasteiger partial charge >= 0.3 is 5.97 Å². The molecular weight excluding hydrogens is 290 g/mol. The van der Waals surface area contributed by atoms with Crippen LogP contribution in [-0.4, -0.2) is 36.9 Å². The van der Waals surface area contributed by atoms with Crippen LogP contribution in [0.15, 0.2) is 24.3 Å². The van der Waals surface area contributed by atoms with Gasteiger partial charge in [-0.1, -0.05) is 25.5 Å². The van der Waals surface area contributed by atoms with Gasteiger partial charge in [-0.3, -0.25) is 0 Å². The first-order chi connectivity index (χ1) is 9.92. The van der Waals surface area contributed by atoms with Crippen molar-refractivity contribution in [1.82, 2.24) is 4.31 Å². The second-order valence-electron chi connectivity index (χ2n) is 5.51. The molecule has 0 bridgehead atoms. The number of carboxylic acid groups (broad SMARTS) is 1. The third kappa shape index (κ3) is 4.04. The molecule has 0 spiro atoms. The lowest BCUT2D eigenvalue weighted by molar-refractivity contribution is 0.0697. The van der Waals surface area contributed by atoms with E-state index in [-0.39, 0.29) is 11.3 Å². The van der Waals surface area contributed by atoms with E-state index in [9.17, 15) is 13.2 Å². The highest BCUT2D eigenvalue weighted by molar-refractivity contribution is 7.88. The van der Waals surface area contributed by atoms with Crippen LogP contribution >= 0.6 is 0 Å². The number of aromatic carboxylic acids is 1. The number of nitrogens with zero attached hydrogens (tertiary/aromatic N) is 1. The Labute approximate surface area is 125 Å². The Morgan fingerprint density at radius 2 is 1.81 bits per heavy atom. The topological polar surface area (TPSA) is 74.7 Å². The maximum Gasteiger partial charge on any atom is 0.335 e. The van der Waals surface area contributed by atoms with Crippen molar-refractivity contribution in [3.8, 4) is 0 Å². The number of benzene rings is 1. The number of carbonyl (C=O) groups is 1. The van der Waals surface area contributed by atoms with E-state index in [0.29, 0.717) is 24.6 Å². The molecule has 0 amide bonds. The number of piperidine rings is 1. The highest BCUT2D eigenvalue weighted by atomic mass is 32.2. The predicted octanol–water partition coefficient (Wildman–Crippen LogP) is 2.34. The second-order valence-corrected chi connectivity index (χ2v) is 7.48. The Balaban J connectivity index is 2.02. The van der Waals surface area contributed by atoms with Crippen LogP contribution in [0, 0.1) is 5.92 Å². The number of hydrogen-bond acceptors (Lipinski definition) is 3. The van der Waals surface area contributed by atoms with Gasteiger partial charge in [0.15, 0.2) is 0 Å². The van der Waals surface area contributed by atoms with E-state index < -0.39 is 16.0 Å². The summed E-state index contributed by atoms with van der Waals surface area (Å²) in [7, 11) is -3.32. The molecule has 1 aromatic rings. The molecule has 1 aliphatic heterocycles. The van der Waals surface area contributed by atoms with Gasteiger partial charge < -0.3 is 5.11 Å². The van der Waals surface area contributed by atoms with Crippen molar-refractivity contribution in [2.45, 2.75) is 31.9 Å². The first-order valence-corrected chi connectivity index (χ1v) is 8.83. The van der Waals surface area contributed by atoms with E-state index in [4.69, 9.17) is 5.11 Å². The van der Waals surface area contributed by atoms with Gasteiger partial charge in [-0.15, -0.1) is 0 Å². The third-order valence-electron chi connectivity index (χ3n) is 4.09. The monoisotopic (exact) mass is 311 g/mol. The van der Waals surface area contributed by atoms with E-state index in [0.717, 1.165) is 19.3 Å². The van der Waals surface area contributed by atoms with Crippen molar-refractivity contribution >= 4 is 16.0 Å². The third-order valence-corrected chi connectivity index (χ3v) is 5.94. The summed E-state index contributed by atoms with van der Waals surface area (Å²) >= 11 is 0. The predicted molar refractivity (Wildman–Crippen MR) is 80.6 cm³/mol. The van der Waals surface area contributed by atoms with Gasteiger partial charge in [0.2, 0.25) is 10.0 Å². The summed E-state index contributed by atoms with van der Waals surface area (Å²) in [6.45, 7) is 3.32. The van der Waals surface area contributed by atoms with Crippen LogP contribution in [-0.2, 0) is 15.8 Å². The van der Waals surface area contributed by atoms with Crippen molar-refractivity contribution in [2.75, 3.05) is 13.1 Å². The maximum atomic E-state index is 12.4. The second kappa shape index (κ2) is 6.58. The Morgan fingerprint density at radius 1 is 1.24 bits per heavy atom. The molecule has 0 atom stereocenters. The lowest BCUT2D eigenvalue weighted by Gasteiger charge is -2.30. The van der Waals surface area contributed by atoms with Crippen LogP contribution in [0.5, 0.6) is 0 Å². The fraction of sp³-hybridized carbons (Fsp3) is 0.533. The summed E-state index contributed by atoms with van der Waals surface area (Å²) in [5.41, 5.74) is 0.789. The van der Waals surface area contributed by atoms with Gasteiger partial charge in [0.25, 0.3) is 0 Å². The minimum absolute atomic E-state index is 0.0658. The molecule has 0 radical (unpaired) electrons. The normalized spacial score (nSPS) is 17.8. The molecule has 1 fully saturated rings. The molecule has 116 valence electrons. The Hall–Kier alpha value is -1.40. The summed E-state index contributed by atoms with van der Waals surface area (Å²) in [6.07, 6.45) is 2.95. The first kappa shape index (κ1) is 16.0. The molecule has 5 nitrogen and oxygen atoms in total. The van der Waals surface area contributed by atoms with Crippen molar-refractivity contribution in [3.05, 3.63) is 35.4 Å². The highest BCUT2D eigenvalue weighted by Gasteiger charge is 2.27. The largest absolute Gasteiger partial charge is 0.478 e. The van der Waals surface area contributed by atoms with Crippen LogP contribution < -0.4 is 0 Å². The van der Waals surface area contributed by atoms with Crippen LogP contribution in [0.3, 0.4) is 0 Å². The maximum absolute atomic E-state index is 12.4. The smallest absolute Gasteiger partial charge is 0.335 e. The SMILES string of the molecule is CCC1CCN(S(=O)(=O)Cc2ccc(C(=O)O)cc2)CC1. The van der Waals surface area contributed by atoms with E-state index in [1.165, 1.54) is 12.1 Å². The molecule has 0 aromatic heterocycles. The number of hydrogen-bond donors (Lipinski definition) is 1. The van der Waals surface area contributed by atoms with Gasteiger partial charge in [0, 0.05) is 13.1 Å². The van der Waals surface area contributed by atoms with Crippen LogP contribution in [0.25, 0.3) is 0 Å². The van der Waals surface area contributed by atoms with E-state index in [2.05, 4.69) is 6.92 Å². The zero-order valence-corrected chi connectivity index (χ0v) is 13.0. The minimum atomic E-state index is -3.32. The molecule has 2 rings (SSSR count). The fourth-order valence-corrected chi connectivity index (χ4v) is 4.20. The summed E-state index contributed by atoms with van der Waals surface area (Å²) < 4.78 is 26.3. The van der Waals surface area contributed by atoms with Gasteiger partial charge in [0.05, 0.1) is 11.3 Å². The lowest BCUT2D eigenvalue weighted by Crippen LogP contribution is -2.38. The quantitative estimate of drug-likeness (QED) is 0.905. The molecule has 6 heteroatoms. The Morgan fingerprint density at radius 3 is 2.29 bits per heavy atom.